The minimum absolute atomic E-state index is 0.802. The predicted octanol–water partition coefficient (Wildman–Crippen LogP) is 7.05. The molecule has 0 unspecified atom stereocenters. The number of fused-ring (bicyclic) bond motifs is 2. The monoisotopic (exact) mass is 438 g/mol. The molecule has 0 spiro atoms. The zero-order valence-corrected chi connectivity index (χ0v) is 17.9. The number of thiophene rings is 4. The lowest BCUT2D eigenvalue weighted by Gasteiger charge is -1.94. The van der Waals surface area contributed by atoms with Crippen LogP contribution < -0.4 is 0 Å². The van der Waals surface area contributed by atoms with Gasteiger partial charge in [0.05, 0.1) is 0 Å². The summed E-state index contributed by atoms with van der Waals surface area (Å²) in [5.41, 5.74) is 1.60. The summed E-state index contributed by atoms with van der Waals surface area (Å²) in [6, 6.07) is 12.8. The Balaban J connectivity index is 1.46. The molecule has 0 atom stereocenters. The highest BCUT2D eigenvalue weighted by Gasteiger charge is 2.11. The van der Waals surface area contributed by atoms with E-state index in [1.807, 2.05) is 22.9 Å². The summed E-state index contributed by atoms with van der Waals surface area (Å²) in [6.07, 6.45) is 3.52. The second kappa shape index (κ2) is 7.37. The van der Waals surface area contributed by atoms with E-state index in [2.05, 4.69) is 24.3 Å². The first-order valence-electron chi connectivity index (χ1n) is 8.71. The van der Waals surface area contributed by atoms with E-state index in [4.69, 9.17) is 0 Å². The number of hydrogen-bond acceptors (Lipinski definition) is 6. The third-order valence-electron chi connectivity index (χ3n) is 4.74. The fourth-order valence-corrected chi connectivity index (χ4v) is 7.51. The molecule has 0 amide bonds. The van der Waals surface area contributed by atoms with Gasteiger partial charge in [-0.3, -0.25) is 9.59 Å². The van der Waals surface area contributed by atoms with Gasteiger partial charge in [0.2, 0.25) is 0 Å². The van der Waals surface area contributed by atoms with E-state index in [1.165, 1.54) is 29.9 Å². The molecule has 0 N–H and O–H groups in total. The largest absolute Gasteiger partial charge is 0.298 e. The van der Waals surface area contributed by atoms with Gasteiger partial charge < -0.3 is 0 Å². The molecular weight excluding hydrogens is 425 g/mol. The topological polar surface area (TPSA) is 34.1 Å². The number of rotatable bonds is 6. The van der Waals surface area contributed by atoms with E-state index in [0.29, 0.717) is 0 Å². The fourth-order valence-electron chi connectivity index (χ4n) is 3.37. The molecule has 138 valence electrons. The van der Waals surface area contributed by atoms with Gasteiger partial charge in [-0.15, -0.1) is 45.3 Å². The normalized spacial score (nSPS) is 11.4. The van der Waals surface area contributed by atoms with Gasteiger partial charge in [0.15, 0.2) is 12.6 Å². The van der Waals surface area contributed by atoms with Gasteiger partial charge in [-0.05, 0) is 57.9 Å². The molecule has 2 nitrogen and oxygen atoms in total. The smallest absolute Gasteiger partial charge is 0.151 e. The Morgan fingerprint density at radius 1 is 0.679 bits per heavy atom. The van der Waals surface area contributed by atoms with E-state index < -0.39 is 0 Å². The molecule has 28 heavy (non-hydrogen) atoms. The summed E-state index contributed by atoms with van der Waals surface area (Å²) in [5, 5.41) is 6.48. The molecule has 0 bridgehead atoms. The number of aldehydes is 2. The Hall–Kier alpha value is -2.12. The first-order valence-corrected chi connectivity index (χ1v) is 12.1. The van der Waals surface area contributed by atoms with Crippen LogP contribution in [0.2, 0.25) is 0 Å². The van der Waals surface area contributed by atoms with Crippen molar-refractivity contribution < 1.29 is 9.59 Å². The van der Waals surface area contributed by atoms with Crippen LogP contribution in [0.25, 0.3) is 20.2 Å². The van der Waals surface area contributed by atoms with Crippen LogP contribution in [-0.4, -0.2) is 12.6 Å². The Bertz CT molecular complexity index is 1170. The van der Waals surface area contributed by atoms with Crippen molar-refractivity contribution in [2.24, 2.45) is 0 Å². The number of benzene rings is 1. The lowest BCUT2D eigenvalue weighted by Crippen LogP contribution is -1.85. The van der Waals surface area contributed by atoms with Crippen molar-refractivity contribution in [1.82, 2.24) is 0 Å². The fraction of sp³-hybridized carbons (Fsp3) is 0.0909. The van der Waals surface area contributed by atoms with Crippen LogP contribution >= 0.6 is 45.3 Å². The minimum atomic E-state index is 0.802. The third kappa shape index (κ3) is 3.26. The molecule has 0 aliphatic heterocycles. The molecule has 0 fully saturated rings. The summed E-state index contributed by atoms with van der Waals surface area (Å²) < 4.78 is 2.56. The van der Waals surface area contributed by atoms with Crippen molar-refractivity contribution in [2.75, 3.05) is 0 Å². The van der Waals surface area contributed by atoms with Crippen LogP contribution in [0, 0.1) is 0 Å². The van der Waals surface area contributed by atoms with E-state index in [9.17, 15) is 9.59 Å². The first-order chi connectivity index (χ1) is 13.7. The van der Waals surface area contributed by atoms with Crippen LogP contribution in [-0.2, 0) is 12.8 Å². The van der Waals surface area contributed by atoms with Crippen LogP contribution in [0.5, 0.6) is 0 Å². The Kier molecular flexibility index (Phi) is 4.72. The van der Waals surface area contributed by atoms with Crippen molar-refractivity contribution in [2.45, 2.75) is 12.8 Å². The average molecular weight is 439 g/mol. The number of carbonyl (C=O) groups is 2. The maximum Gasteiger partial charge on any atom is 0.151 e. The first kappa shape index (κ1) is 17.9. The third-order valence-corrected chi connectivity index (χ3v) is 8.81. The maximum atomic E-state index is 11.2. The number of hydrogen-bond donors (Lipinski definition) is 0. The zero-order valence-electron chi connectivity index (χ0n) is 14.6. The van der Waals surface area contributed by atoms with Gasteiger partial charge in [0.1, 0.15) is 0 Å². The van der Waals surface area contributed by atoms with Gasteiger partial charge in [-0.25, -0.2) is 0 Å². The average Bonchev–Trinajstić information content (AvgIpc) is 3.45. The molecule has 1 aromatic carbocycles. The van der Waals surface area contributed by atoms with Crippen LogP contribution in [0.4, 0.5) is 0 Å². The van der Waals surface area contributed by atoms with Gasteiger partial charge >= 0.3 is 0 Å². The summed E-state index contributed by atoms with van der Waals surface area (Å²) >= 11 is 6.89. The summed E-state index contributed by atoms with van der Waals surface area (Å²) in [7, 11) is 0. The van der Waals surface area contributed by atoms with E-state index in [1.54, 1.807) is 45.3 Å². The highest BCUT2D eigenvalue weighted by Crippen LogP contribution is 2.36. The van der Waals surface area contributed by atoms with Crippen molar-refractivity contribution in [1.29, 1.82) is 0 Å². The maximum absolute atomic E-state index is 11.2. The molecule has 4 aromatic heterocycles. The summed E-state index contributed by atoms with van der Waals surface area (Å²) in [6.45, 7) is 0. The van der Waals surface area contributed by atoms with Crippen molar-refractivity contribution in [3.05, 3.63) is 77.8 Å². The van der Waals surface area contributed by atoms with E-state index in [0.717, 1.165) is 46.3 Å². The molecule has 5 rings (SSSR count). The Labute approximate surface area is 177 Å². The quantitative estimate of drug-likeness (QED) is 0.266. The molecule has 5 aromatic rings. The molecule has 0 saturated carbocycles. The van der Waals surface area contributed by atoms with Crippen LogP contribution in [0.1, 0.15) is 40.2 Å². The van der Waals surface area contributed by atoms with Crippen molar-refractivity contribution in [3.8, 4) is 0 Å². The highest BCUT2D eigenvalue weighted by atomic mass is 32.1. The second-order valence-corrected chi connectivity index (χ2v) is 10.9. The zero-order chi connectivity index (χ0) is 19.1. The van der Waals surface area contributed by atoms with Gasteiger partial charge in [-0.2, -0.15) is 0 Å². The highest BCUT2D eigenvalue weighted by molar-refractivity contribution is 7.21. The van der Waals surface area contributed by atoms with Crippen molar-refractivity contribution >= 4 is 78.1 Å². The SMILES string of the molecule is O=Cc1ccsc1Cc1cc2cc3sc(Cc4sccc4C=O)cc3cc2s1. The van der Waals surface area contributed by atoms with Crippen LogP contribution in [0.3, 0.4) is 0 Å². The van der Waals surface area contributed by atoms with Crippen molar-refractivity contribution in [3.63, 3.8) is 0 Å². The summed E-state index contributed by atoms with van der Waals surface area (Å²) in [4.78, 5) is 27.1. The molecule has 0 radical (unpaired) electrons. The number of carbonyl (C=O) groups excluding carboxylic acids is 2. The predicted molar refractivity (Wildman–Crippen MR) is 122 cm³/mol. The standard InChI is InChI=1S/C22H14O2S4/c23-11-13-1-3-25-19(13)9-17-5-15-7-22-16(8-21(15)27-17)6-18(28-22)10-20-14(12-24)2-4-26-20/h1-8,11-12H,9-10H2. The molecular formula is C22H14O2S4. The minimum Gasteiger partial charge on any atom is -0.298 e. The lowest BCUT2D eigenvalue weighted by atomic mass is 10.1. The summed E-state index contributed by atoms with van der Waals surface area (Å²) in [5.74, 6) is 0. The Morgan fingerprint density at radius 3 is 1.57 bits per heavy atom. The van der Waals surface area contributed by atoms with E-state index >= 15 is 0 Å². The van der Waals surface area contributed by atoms with Gasteiger partial charge in [0, 0.05) is 52.9 Å². The molecule has 6 heteroatoms. The lowest BCUT2D eigenvalue weighted by molar-refractivity contribution is 0.111. The van der Waals surface area contributed by atoms with Gasteiger partial charge in [0.25, 0.3) is 0 Å². The Morgan fingerprint density at radius 2 is 1.14 bits per heavy atom. The second-order valence-electron chi connectivity index (χ2n) is 6.54. The van der Waals surface area contributed by atoms with Gasteiger partial charge in [-0.1, -0.05) is 0 Å². The van der Waals surface area contributed by atoms with Crippen LogP contribution in [0.15, 0.2) is 47.2 Å². The molecule has 0 aliphatic rings. The molecule has 4 heterocycles. The molecule has 0 aliphatic carbocycles. The van der Waals surface area contributed by atoms with E-state index in [-0.39, 0.29) is 0 Å². The molecule has 0 saturated heterocycles.